The zero-order valence-corrected chi connectivity index (χ0v) is 36.7. The number of likely N-dealkylation sites (tertiary alicyclic amines) is 1. The van der Waals surface area contributed by atoms with Gasteiger partial charge in [-0.15, -0.1) is 0 Å². The highest BCUT2D eigenvalue weighted by atomic mass is 16.7. The summed E-state index contributed by atoms with van der Waals surface area (Å²) in [5, 5.41) is 48.3. The van der Waals surface area contributed by atoms with E-state index in [1.807, 2.05) is 0 Å². The lowest BCUT2D eigenvalue weighted by Gasteiger charge is -2.46. The first-order valence-corrected chi connectivity index (χ1v) is 22.3. The monoisotopic (exact) mass is 905 g/mol. The molecule has 7 aliphatic rings. The van der Waals surface area contributed by atoms with Crippen LogP contribution < -0.4 is 10.1 Å². The number of phenols is 2. The number of ether oxygens (including phenoxy) is 6. The van der Waals surface area contributed by atoms with Gasteiger partial charge in [0.2, 0.25) is 23.5 Å². The molecule has 350 valence electrons. The number of methoxy groups -OCH3 is 2. The molecular formula is C46H55N3O16. The van der Waals surface area contributed by atoms with Gasteiger partial charge in [0.15, 0.2) is 30.4 Å². The molecule has 2 unspecified atom stereocenters. The number of benzene rings is 2. The maximum absolute atomic E-state index is 14.2. The SMILES string of the molecule is CNC(=O)C1CCC(CN2C(=O)CC(CC3CO[C@H](OC)[C@H]4O[C@@H]5[C@H](C)O[C@@H](O[C@H]6C[C@](O)(C(=O)CO)Cc7c(O)c8c(c(O)c76)C(=O)c6c(OC)cccc6C8=O)C[C@@H]5N34)C2=O)CC1. The van der Waals surface area contributed by atoms with Gasteiger partial charge in [-0.2, -0.15) is 0 Å². The Hall–Kier alpha value is -4.86. The quantitative estimate of drug-likeness (QED) is 0.135. The van der Waals surface area contributed by atoms with Crippen LogP contribution in [0, 0.1) is 17.8 Å². The third-order valence-electron chi connectivity index (χ3n) is 14.8. The molecule has 0 spiro atoms. The zero-order chi connectivity index (χ0) is 46.2. The first kappa shape index (κ1) is 45.3. The molecule has 65 heavy (non-hydrogen) atoms. The van der Waals surface area contributed by atoms with Gasteiger partial charge in [-0.1, -0.05) is 12.1 Å². The molecule has 2 aromatic carbocycles. The van der Waals surface area contributed by atoms with Gasteiger partial charge in [0.25, 0.3) is 0 Å². The second kappa shape index (κ2) is 17.4. The third-order valence-corrected chi connectivity index (χ3v) is 14.8. The Bertz CT molecular complexity index is 2310. The number of Topliss-reactive ketones (excluding diaryl/α,β-unsaturated/α-hetero) is 1. The van der Waals surface area contributed by atoms with Crippen molar-refractivity contribution in [2.75, 3.05) is 41.0 Å². The predicted molar refractivity (Wildman–Crippen MR) is 222 cm³/mol. The van der Waals surface area contributed by atoms with E-state index in [2.05, 4.69) is 10.2 Å². The second-order valence-electron chi connectivity index (χ2n) is 18.4. The van der Waals surface area contributed by atoms with Crippen LogP contribution >= 0.6 is 0 Å². The molecule has 4 heterocycles. The topological polar surface area (TPSA) is 257 Å². The summed E-state index contributed by atoms with van der Waals surface area (Å²) in [4.78, 5) is 84.3. The van der Waals surface area contributed by atoms with Gasteiger partial charge in [0.1, 0.15) is 35.6 Å². The Morgan fingerprint density at radius 1 is 0.985 bits per heavy atom. The molecule has 3 aliphatic carbocycles. The van der Waals surface area contributed by atoms with E-state index in [-0.39, 0.29) is 83.4 Å². The predicted octanol–water partition coefficient (Wildman–Crippen LogP) is 1.40. The Morgan fingerprint density at radius 2 is 1.72 bits per heavy atom. The van der Waals surface area contributed by atoms with E-state index in [4.69, 9.17) is 28.4 Å². The number of hydrogen-bond donors (Lipinski definition) is 5. The van der Waals surface area contributed by atoms with Crippen molar-refractivity contribution in [2.45, 2.75) is 120 Å². The molecule has 2 aromatic rings. The highest BCUT2D eigenvalue weighted by Gasteiger charge is 2.58. The van der Waals surface area contributed by atoms with Crippen LogP contribution in [-0.4, -0.2) is 155 Å². The molecule has 9 rings (SSSR count). The molecule has 0 radical (unpaired) electrons. The minimum Gasteiger partial charge on any atom is -0.507 e. The first-order valence-electron chi connectivity index (χ1n) is 22.3. The number of hydrogen-bond acceptors (Lipinski definition) is 17. The van der Waals surface area contributed by atoms with E-state index in [1.165, 1.54) is 37.3 Å². The molecule has 19 heteroatoms. The maximum atomic E-state index is 14.2. The molecule has 10 atom stereocenters. The Kier molecular flexibility index (Phi) is 12.1. The first-order chi connectivity index (χ1) is 31.1. The number of imide groups is 1. The molecule has 3 amide bonds. The number of carbonyl (C=O) groups excluding carboxylic acids is 6. The minimum atomic E-state index is -2.33. The second-order valence-corrected chi connectivity index (χ2v) is 18.4. The summed E-state index contributed by atoms with van der Waals surface area (Å²) in [7, 11) is 4.43. The van der Waals surface area contributed by atoms with Crippen molar-refractivity contribution in [1.82, 2.24) is 15.1 Å². The van der Waals surface area contributed by atoms with Gasteiger partial charge in [0, 0.05) is 87.0 Å². The summed E-state index contributed by atoms with van der Waals surface area (Å²) in [6.07, 6.45) is -3.16. The van der Waals surface area contributed by atoms with E-state index in [0.717, 1.165) is 12.8 Å². The number of amides is 3. The fraction of sp³-hybridized carbons (Fsp3) is 0.609. The van der Waals surface area contributed by atoms with Crippen molar-refractivity contribution in [3.8, 4) is 17.2 Å². The zero-order valence-electron chi connectivity index (χ0n) is 36.7. The molecule has 4 saturated heterocycles. The number of carbonyl (C=O) groups is 6. The van der Waals surface area contributed by atoms with Crippen LogP contribution in [0.2, 0.25) is 0 Å². The molecular weight excluding hydrogens is 851 g/mol. The summed E-state index contributed by atoms with van der Waals surface area (Å²) in [5.74, 6) is -4.98. The van der Waals surface area contributed by atoms with Crippen molar-refractivity contribution in [2.24, 2.45) is 17.8 Å². The lowest BCUT2D eigenvalue weighted by atomic mass is 9.72. The number of aliphatic hydroxyl groups is 2. The Morgan fingerprint density at radius 3 is 2.42 bits per heavy atom. The summed E-state index contributed by atoms with van der Waals surface area (Å²) >= 11 is 0. The average molecular weight is 906 g/mol. The Labute approximate surface area is 374 Å². The van der Waals surface area contributed by atoms with E-state index in [1.54, 1.807) is 14.0 Å². The largest absolute Gasteiger partial charge is 0.507 e. The van der Waals surface area contributed by atoms with Crippen LogP contribution in [0.1, 0.15) is 107 Å². The number of ketones is 3. The number of fused-ring (bicyclic) bond motifs is 6. The molecule has 0 aromatic heterocycles. The number of rotatable bonds is 11. The van der Waals surface area contributed by atoms with Crippen LogP contribution in [0.5, 0.6) is 17.2 Å². The number of aromatic hydroxyl groups is 2. The lowest BCUT2D eigenvalue weighted by Crippen LogP contribution is -2.60. The molecule has 0 bridgehead atoms. The minimum absolute atomic E-state index is 0.00853. The van der Waals surface area contributed by atoms with E-state index in [9.17, 15) is 49.2 Å². The molecule has 4 aliphatic heterocycles. The third kappa shape index (κ3) is 7.53. The lowest BCUT2D eigenvalue weighted by molar-refractivity contribution is -0.263. The number of morpholine rings is 1. The van der Waals surface area contributed by atoms with Gasteiger partial charge in [-0.05, 0) is 51.0 Å². The summed E-state index contributed by atoms with van der Waals surface area (Å²) in [5.41, 5.74) is -3.86. The molecule has 19 nitrogen and oxygen atoms in total. The smallest absolute Gasteiger partial charge is 0.232 e. The molecule has 5 N–H and O–H groups in total. The fourth-order valence-corrected chi connectivity index (χ4v) is 11.6. The van der Waals surface area contributed by atoms with Crippen LogP contribution in [0.3, 0.4) is 0 Å². The van der Waals surface area contributed by atoms with Crippen molar-refractivity contribution in [3.63, 3.8) is 0 Å². The highest BCUT2D eigenvalue weighted by molar-refractivity contribution is 6.31. The standard InChI is InChI=1S/C46H55N3O16/c1-20-41-27(49-24(19-62-45(61-4)44(49)65-41)12-23-13-31(52)48(43(23)58)17-21-8-10-22(11-9-21)42(57)47-2)14-32(63-20)64-29-16-46(59,30(51)18-50)15-26-34(29)40(56)36-35(38(26)54)37(53)25-6-5-7-28(60-3)33(25)39(36)55/h5-7,20-24,27,29,32,41,44-45,50,54,56,59H,8-19H2,1-4H3,(H,47,57)/t20-,21?,22?,23?,24?,27-,29-,32-,41+,44+,45-,46-/m0/s1. The van der Waals surface area contributed by atoms with Crippen LogP contribution in [0.25, 0.3) is 0 Å². The van der Waals surface area contributed by atoms with Crippen molar-refractivity contribution in [1.29, 1.82) is 0 Å². The van der Waals surface area contributed by atoms with E-state index in [0.29, 0.717) is 19.4 Å². The van der Waals surface area contributed by atoms with Crippen LogP contribution in [0.4, 0.5) is 0 Å². The van der Waals surface area contributed by atoms with Crippen molar-refractivity contribution in [3.05, 3.63) is 51.6 Å². The summed E-state index contributed by atoms with van der Waals surface area (Å²) < 4.78 is 36.7. The van der Waals surface area contributed by atoms with Gasteiger partial charge < -0.3 is 54.2 Å². The average Bonchev–Trinajstić information content (AvgIpc) is 3.82. The highest BCUT2D eigenvalue weighted by Crippen LogP contribution is 2.53. The van der Waals surface area contributed by atoms with Crippen molar-refractivity contribution < 1.29 is 77.6 Å². The van der Waals surface area contributed by atoms with Gasteiger partial charge in [-0.25, -0.2) is 0 Å². The maximum Gasteiger partial charge on any atom is 0.232 e. The number of phenolic OH excluding ortho intramolecular Hbond substituents is 2. The van der Waals surface area contributed by atoms with Crippen molar-refractivity contribution >= 4 is 35.1 Å². The van der Waals surface area contributed by atoms with Crippen LogP contribution in [-0.2, 0) is 49.3 Å². The van der Waals surface area contributed by atoms with Gasteiger partial charge in [-0.3, -0.25) is 38.6 Å². The van der Waals surface area contributed by atoms with Crippen LogP contribution in [0.15, 0.2) is 18.2 Å². The normalized spacial score (nSPS) is 34.4. The number of aliphatic hydroxyl groups excluding tert-OH is 1. The van der Waals surface area contributed by atoms with E-state index >= 15 is 0 Å². The van der Waals surface area contributed by atoms with Gasteiger partial charge >= 0.3 is 0 Å². The summed E-state index contributed by atoms with van der Waals surface area (Å²) in [6.45, 7) is 1.17. The Balaban J connectivity index is 0.983. The summed E-state index contributed by atoms with van der Waals surface area (Å²) in [6, 6.07) is 3.51. The van der Waals surface area contributed by atoms with E-state index < -0.39 is 120 Å². The van der Waals surface area contributed by atoms with Gasteiger partial charge in [0.05, 0.1) is 42.6 Å². The molecule has 5 fully saturated rings. The molecule has 1 saturated carbocycles. The fourth-order valence-electron chi connectivity index (χ4n) is 11.6. The number of nitrogens with zero attached hydrogens (tertiary/aromatic N) is 2. The number of nitrogens with one attached hydrogen (secondary N) is 1.